The first-order valence-corrected chi connectivity index (χ1v) is 5.15. The van der Waals surface area contributed by atoms with Gasteiger partial charge in [0, 0.05) is 20.3 Å². The molecule has 8 heteroatoms. The number of aromatic amines is 1. The molecule has 0 saturated carbocycles. The van der Waals surface area contributed by atoms with Crippen LogP contribution in [-0.2, 0) is 14.2 Å². The van der Waals surface area contributed by atoms with Crippen molar-refractivity contribution in [2.45, 2.75) is 6.42 Å². The molecule has 0 unspecified atom stereocenters. The lowest BCUT2D eigenvalue weighted by Gasteiger charge is -2.04. The summed E-state index contributed by atoms with van der Waals surface area (Å²) in [5.74, 6) is -0.607. The highest BCUT2D eigenvalue weighted by atomic mass is 16.6. The summed E-state index contributed by atoms with van der Waals surface area (Å²) < 4.78 is 14.9. The van der Waals surface area contributed by atoms with Gasteiger partial charge in [-0.2, -0.15) is 4.98 Å². The molecule has 0 aromatic carbocycles. The number of ether oxygens (including phenoxy) is 3. The standard InChI is InChI=1S/C9H16N4O4/c1-15-3-2-4-16-5-6-17-8(14)7-11-9(10)13-12-7/h2-6H2,1H3,(H3,10,11,12,13). The first-order chi connectivity index (χ1) is 8.24. The minimum atomic E-state index is -0.602. The van der Waals surface area contributed by atoms with E-state index in [1.54, 1.807) is 7.11 Å². The van der Waals surface area contributed by atoms with Crippen molar-refractivity contribution in [3.8, 4) is 0 Å². The molecule has 1 aromatic rings. The first-order valence-electron chi connectivity index (χ1n) is 5.15. The van der Waals surface area contributed by atoms with E-state index < -0.39 is 5.97 Å². The summed E-state index contributed by atoms with van der Waals surface area (Å²) >= 11 is 0. The maximum Gasteiger partial charge on any atom is 0.376 e. The number of nitrogen functional groups attached to an aromatic ring is 1. The zero-order valence-corrected chi connectivity index (χ0v) is 9.64. The van der Waals surface area contributed by atoms with E-state index in [1.165, 1.54) is 0 Å². The quantitative estimate of drug-likeness (QED) is 0.472. The molecule has 17 heavy (non-hydrogen) atoms. The monoisotopic (exact) mass is 244 g/mol. The molecule has 0 fully saturated rings. The Morgan fingerprint density at radius 3 is 2.82 bits per heavy atom. The second-order valence-electron chi connectivity index (χ2n) is 3.14. The highest BCUT2D eigenvalue weighted by Gasteiger charge is 2.11. The number of hydrogen-bond donors (Lipinski definition) is 2. The van der Waals surface area contributed by atoms with E-state index in [0.29, 0.717) is 19.8 Å². The Kier molecular flexibility index (Phi) is 5.97. The Balaban J connectivity index is 2.05. The fourth-order valence-corrected chi connectivity index (χ4v) is 1.04. The third-order valence-electron chi connectivity index (χ3n) is 1.79. The van der Waals surface area contributed by atoms with Gasteiger partial charge in [-0.3, -0.25) is 5.10 Å². The third-order valence-corrected chi connectivity index (χ3v) is 1.79. The highest BCUT2D eigenvalue weighted by Crippen LogP contribution is 1.96. The van der Waals surface area contributed by atoms with Gasteiger partial charge in [0.25, 0.3) is 0 Å². The van der Waals surface area contributed by atoms with Gasteiger partial charge in [-0.25, -0.2) is 4.79 Å². The van der Waals surface area contributed by atoms with Crippen molar-refractivity contribution in [3.63, 3.8) is 0 Å². The number of H-pyrrole nitrogens is 1. The molecule has 0 saturated heterocycles. The van der Waals surface area contributed by atoms with Crippen LogP contribution >= 0.6 is 0 Å². The average molecular weight is 244 g/mol. The van der Waals surface area contributed by atoms with E-state index in [-0.39, 0.29) is 18.4 Å². The van der Waals surface area contributed by atoms with E-state index in [9.17, 15) is 4.79 Å². The Hall–Kier alpha value is -1.67. The number of rotatable bonds is 8. The number of methoxy groups -OCH3 is 1. The predicted molar refractivity (Wildman–Crippen MR) is 58.4 cm³/mol. The molecular weight excluding hydrogens is 228 g/mol. The summed E-state index contributed by atoms with van der Waals surface area (Å²) in [5, 5.41) is 5.87. The molecule has 0 atom stereocenters. The fraction of sp³-hybridized carbons (Fsp3) is 0.667. The molecule has 0 radical (unpaired) electrons. The largest absolute Gasteiger partial charge is 0.457 e. The molecule has 0 bridgehead atoms. The van der Waals surface area contributed by atoms with Gasteiger partial charge in [0.1, 0.15) is 6.61 Å². The smallest absolute Gasteiger partial charge is 0.376 e. The Morgan fingerprint density at radius 1 is 1.35 bits per heavy atom. The number of carbonyl (C=O) groups excluding carboxylic acids is 1. The summed E-state index contributed by atoms with van der Waals surface area (Å²) in [6.07, 6.45) is 0.809. The third kappa shape index (κ3) is 5.27. The fourth-order valence-electron chi connectivity index (χ4n) is 1.04. The van der Waals surface area contributed by atoms with E-state index >= 15 is 0 Å². The van der Waals surface area contributed by atoms with Crippen LogP contribution in [0.4, 0.5) is 5.95 Å². The number of nitrogens with two attached hydrogens (primary N) is 1. The van der Waals surface area contributed by atoms with Crippen LogP contribution in [0.2, 0.25) is 0 Å². The molecule has 1 aromatic heterocycles. The normalized spacial score (nSPS) is 10.4. The van der Waals surface area contributed by atoms with Gasteiger partial charge in [0.05, 0.1) is 6.61 Å². The van der Waals surface area contributed by atoms with Gasteiger partial charge < -0.3 is 19.9 Å². The van der Waals surface area contributed by atoms with Crippen molar-refractivity contribution in [3.05, 3.63) is 5.82 Å². The van der Waals surface area contributed by atoms with Crippen LogP contribution in [0.25, 0.3) is 0 Å². The lowest BCUT2D eigenvalue weighted by Crippen LogP contribution is -2.13. The van der Waals surface area contributed by atoms with Crippen LogP contribution in [0.3, 0.4) is 0 Å². The summed E-state index contributed by atoms with van der Waals surface area (Å²) in [6, 6.07) is 0. The molecule has 1 rings (SSSR count). The van der Waals surface area contributed by atoms with Crippen LogP contribution in [-0.4, -0.2) is 54.7 Å². The van der Waals surface area contributed by atoms with Crippen LogP contribution in [0.15, 0.2) is 0 Å². The summed E-state index contributed by atoms with van der Waals surface area (Å²) in [4.78, 5) is 14.9. The lowest BCUT2D eigenvalue weighted by atomic mass is 10.5. The van der Waals surface area contributed by atoms with Gasteiger partial charge in [-0.1, -0.05) is 0 Å². The topological polar surface area (TPSA) is 112 Å². The van der Waals surface area contributed by atoms with Crippen molar-refractivity contribution in [2.24, 2.45) is 0 Å². The Morgan fingerprint density at radius 2 is 2.18 bits per heavy atom. The van der Waals surface area contributed by atoms with Gasteiger partial charge in [0.15, 0.2) is 0 Å². The van der Waals surface area contributed by atoms with Crippen LogP contribution in [0, 0.1) is 0 Å². The number of esters is 1. The molecule has 0 aliphatic heterocycles. The van der Waals surface area contributed by atoms with Crippen molar-refractivity contribution < 1.29 is 19.0 Å². The van der Waals surface area contributed by atoms with Crippen molar-refractivity contribution in [1.82, 2.24) is 15.2 Å². The SMILES string of the molecule is COCCCOCCOC(=O)c1nc(N)n[nH]1. The highest BCUT2D eigenvalue weighted by molar-refractivity contribution is 5.85. The van der Waals surface area contributed by atoms with Crippen molar-refractivity contribution in [1.29, 1.82) is 0 Å². The average Bonchev–Trinajstić information content (AvgIpc) is 2.74. The Labute approximate surface area is 98.4 Å². The van der Waals surface area contributed by atoms with Crippen molar-refractivity contribution in [2.75, 3.05) is 39.3 Å². The lowest BCUT2D eigenvalue weighted by molar-refractivity contribution is 0.0277. The van der Waals surface area contributed by atoms with Crippen LogP contribution in [0.5, 0.6) is 0 Å². The summed E-state index contributed by atoms with van der Waals surface area (Å²) in [7, 11) is 1.63. The van der Waals surface area contributed by atoms with Gasteiger partial charge in [-0.05, 0) is 6.42 Å². The number of nitrogens with zero attached hydrogens (tertiary/aromatic N) is 2. The molecule has 0 aliphatic carbocycles. The number of anilines is 1. The predicted octanol–water partition coefficient (Wildman–Crippen LogP) is -0.403. The second-order valence-corrected chi connectivity index (χ2v) is 3.14. The maximum atomic E-state index is 11.3. The van der Waals surface area contributed by atoms with Crippen molar-refractivity contribution >= 4 is 11.9 Å². The molecular formula is C9H16N4O4. The number of nitrogens with one attached hydrogen (secondary N) is 1. The van der Waals surface area contributed by atoms with Gasteiger partial charge in [0.2, 0.25) is 11.8 Å². The zero-order valence-electron chi connectivity index (χ0n) is 9.64. The van der Waals surface area contributed by atoms with E-state index in [2.05, 4.69) is 15.2 Å². The molecule has 1 heterocycles. The molecule has 0 spiro atoms. The molecule has 0 amide bonds. The van der Waals surface area contributed by atoms with Crippen LogP contribution < -0.4 is 5.73 Å². The summed E-state index contributed by atoms with van der Waals surface area (Å²) in [6.45, 7) is 1.71. The van der Waals surface area contributed by atoms with E-state index in [1.807, 2.05) is 0 Å². The van der Waals surface area contributed by atoms with Gasteiger partial charge >= 0.3 is 5.97 Å². The Bertz CT molecular complexity index is 341. The zero-order chi connectivity index (χ0) is 12.5. The van der Waals surface area contributed by atoms with E-state index in [4.69, 9.17) is 19.9 Å². The maximum absolute atomic E-state index is 11.3. The molecule has 8 nitrogen and oxygen atoms in total. The molecule has 0 aliphatic rings. The first kappa shape index (κ1) is 13.4. The molecule has 3 N–H and O–H groups in total. The number of hydrogen-bond acceptors (Lipinski definition) is 7. The van der Waals surface area contributed by atoms with Crippen LogP contribution in [0.1, 0.15) is 17.0 Å². The van der Waals surface area contributed by atoms with E-state index in [0.717, 1.165) is 6.42 Å². The van der Waals surface area contributed by atoms with Gasteiger partial charge in [-0.15, -0.1) is 5.10 Å². The number of aromatic nitrogens is 3. The molecule has 96 valence electrons. The minimum absolute atomic E-state index is 0.00719. The summed E-state index contributed by atoms with van der Waals surface area (Å²) in [5.41, 5.74) is 5.24. The number of carbonyl (C=O) groups is 1. The second kappa shape index (κ2) is 7.58. The minimum Gasteiger partial charge on any atom is -0.457 e.